The van der Waals surface area contributed by atoms with Crippen molar-refractivity contribution in [1.82, 2.24) is 10.3 Å². The molecule has 2 atom stereocenters. The van der Waals surface area contributed by atoms with Crippen molar-refractivity contribution in [3.05, 3.63) is 76.5 Å². The Morgan fingerprint density at radius 1 is 1.21 bits per heavy atom. The second-order valence-corrected chi connectivity index (χ2v) is 7.85. The predicted octanol–water partition coefficient (Wildman–Crippen LogP) is 4.91. The Labute approximate surface area is 167 Å². The third-order valence-corrected chi connectivity index (χ3v) is 6.08. The number of amides is 1. The second kappa shape index (κ2) is 8.20. The highest BCUT2D eigenvalue weighted by atomic mass is 32.1. The second-order valence-electron chi connectivity index (χ2n) is 6.85. The van der Waals surface area contributed by atoms with Crippen LogP contribution in [0.4, 0.5) is 4.39 Å². The lowest BCUT2D eigenvalue weighted by molar-refractivity contribution is 0.0674. The van der Waals surface area contributed by atoms with Gasteiger partial charge in [0.2, 0.25) is 0 Å². The number of hydrogen-bond acceptors (Lipinski definition) is 4. The lowest BCUT2D eigenvalue weighted by atomic mass is 9.99. The van der Waals surface area contributed by atoms with Gasteiger partial charge in [0.15, 0.2) is 0 Å². The summed E-state index contributed by atoms with van der Waals surface area (Å²) in [5, 5.41) is 3.92. The predicted molar refractivity (Wildman–Crippen MR) is 108 cm³/mol. The van der Waals surface area contributed by atoms with Gasteiger partial charge in [-0.25, -0.2) is 9.37 Å². The molecule has 1 aliphatic rings. The van der Waals surface area contributed by atoms with E-state index in [-0.39, 0.29) is 23.9 Å². The fraction of sp³-hybridized carbons (Fsp3) is 0.273. The summed E-state index contributed by atoms with van der Waals surface area (Å²) in [5.41, 5.74) is 2.53. The number of aryl methyl sites for hydroxylation is 1. The maximum absolute atomic E-state index is 13.3. The van der Waals surface area contributed by atoms with E-state index in [4.69, 9.17) is 4.74 Å². The molecule has 144 valence electrons. The van der Waals surface area contributed by atoms with Crippen LogP contribution in [0.25, 0.3) is 10.6 Å². The number of aromatic nitrogens is 1. The number of halogens is 1. The van der Waals surface area contributed by atoms with E-state index >= 15 is 0 Å². The van der Waals surface area contributed by atoms with Crippen molar-refractivity contribution in [2.24, 2.45) is 0 Å². The number of ether oxygens (including phenoxy) is 1. The van der Waals surface area contributed by atoms with Gasteiger partial charge in [0.1, 0.15) is 15.7 Å². The van der Waals surface area contributed by atoms with Gasteiger partial charge in [0.05, 0.1) is 17.8 Å². The first-order valence-corrected chi connectivity index (χ1v) is 10.1. The van der Waals surface area contributed by atoms with E-state index < -0.39 is 0 Å². The number of hydrogen-bond donors (Lipinski definition) is 1. The number of carbonyl (C=O) groups is 1. The van der Waals surface area contributed by atoms with Gasteiger partial charge in [0, 0.05) is 12.2 Å². The van der Waals surface area contributed by atoms with Gasteiger partial charge in [0.25, 0.3) is 5.91 Å². The van der Waals surface area contributed by atoms with E-state index in [1.165, 1.54) is 23.5 Å². The molecule has 0 bridgehead atoms. The Balaban J connectivity index is 1.59. The van der Waals surface area contributed by atoms with Gasteiger partial charge in [-0.15, -0.1) is 11.3 Å². The van der Waals surface area contributed by atoms with Crippen molar-refractivity contribution in [2.45, 2.75) is 31.9 Å². The average molecular weight is 396 g/mol. The topological polar surface area (TPSA) is 51.2 Å². The van der Waals surface area contributed by atoms with Gasteiger partial charge >= 0.3 is 0 Å². The number of nitrogens with one attached hydrogen (secondary N) is 1. The molecule has 1 aliphatic heterocycles. The van der Waals surface area contributed by atoms with Crippen LogP contribution in [0.2, 0.25) is 0 Å². The zero-order valence-electron chi connectivity index (χ0n) is 15.5. The number of thiazole rings is 1. The van der Waals surface area contributed by atoms with Crippen molar-refractivity contribution in [3.8, 4) is 10.6 Å². The Morgan fingerprint density at radius 2 is 1.96 bits per heavy atom. The fourth-order valence-electron chi connectivity index (χ4n) is 3.44. The summed E-state index contributed by atoms with van der Waals surface area (Å²) in [5.74, 6) is -0.478. The molecule has 1 saturated heterocycles. The lowest BCUT2D eigenvalue weighted by Crippen LogP contribution is -2.36. The summed E-state index contributed by atoms with van der Waals surface area (Å²) < 4.78 is 19.2. The normalized spacial score (nSPS) is 17.4. The van der Waals surface area contributed by atoms with Crippen LogP contribution in [0.5, 0.6) is 0 Å². The standard InChI is InChI=1S/C22H21FN2O2S/c1-14-20(28-22(24-14)16-6-3-2-4-7-16)21(26)25-19(18-8-5-13-27-18)15-9-11-17(23)12-10-15/h2-4,6-7,9-12,18-19H,5,8,13H2,1H3,(H,25,26)/t18-,19-/m1/s1. The molecule has 0 spiro atoms. The SMILES string of the molecule is Cc1nc(-c2ccccc2)sc1C(=O)N[C@H](c1ccc(F)cc1)[C@H]1CCCO1. The van der Waals surface area contributed by atoms with Crippen molar-refractivity contribution in [1.29, 1.82) is 0 Å². The number of rotatable bonds is 5. The molecule has 0 unspecified atom stereocenters. The summed E-state index contributed by atoms with van der Waals surface area (Å²) in [6.45, 7) is 2.52. The number of carbonyl (C=O) groups excluding carboxylic acids is 1. The highest BCUT2D eigenvalue weighted by molar-refractivity contribution is 7.17. The zero-order valence-corrected chi connectivity index (χ0v) is 16.3. The van der Waals surface area contributed by atoms with Crippen molar-refractivity contribution in [3.63, 3.8) is 0 Å². The first-order valence-electron chi connectivity index (χ1n) is 9.32. The molecule has 4 nitrogen and oxygen atoms in total. The molecule has 1 aromatic heterocycles. The van der Waals surface area contributed by atoms with Crippen LogP contribution in [0.15, 0.2) is 54.6 Å². The molecule has 2 aromatic carbocycles. The van der Waals surface area contributed by atoms with Gasteiger partial charge in [-0.3, -0.25) is 4.79 Å². The van der Waals surface area contributed by atoms with E-state index in [1.807, 2.05) is 37.3 Å². The first kappa shape index (κ1) is 18.8. The van der Waals surface area contributed by atoms with E-state index in [1.54, 1.807) is 12.1 Å². The fourth-order valence-corrected chi connectivity index (χ4v) is 4.42. The molecule has 0 radical (unpaired) electrons. The molecular formula is C22H21FN2O2S. The summed E-state index contributed by atoms with van der Waals surface area (Å²) in [6.07, 6.45) is 1.70. The van der Waals surface area contributed by atoms with E-state index in [0.717, 1.165) is 29.0 Å². The zero-order chi connectivity index (χ0) is 19.5. The summed E-state index contributed by atoms with van der Waals surface area (Å²) in [7, 11) is 0. The number of nitrogens with zero attached hydrogens (tertiary/aromatic N) is 1. The molecule has 1 N–H and O–H groups in total. The summed E-state index contributed by atoms with van der Waals surface area (Å²) >= 11 is 1.38. The van der Waals surface area contributed by atoms with Crippen LogP contribution in [0.1, 0.15) is 39.8 Å². The summed E-state index contributed by atoms with van der Waals surface area (Å²) in [6, 6.07) is 15.7. The van der Waals surface area contributed by atoms with Gasteiger partial charge in [-0.1, -0.05) is 42.5 Å². The first-order chi connectivity index (χ1) is 13.6. The third kappa shape index (κ3) is 3.98. The molecular weight excluding hydrogens is 375 g/mol. The van der Waals surface area contributed by atoms with Crippen LogP contribution in [-0.4, -0.2) is 23.6 Å². The Hall–Kier alpha value is -2.57. The van der Waals surface area contributed by atoms with E-state index in [0.29, 0.717) is 17.2 Å². The molecule has 6 heteroatoms. The Kier molecular flexibility index (Phi) is 5.50. The van der Waals surface area contributed by atoms with E-state index in [2.05, 4.69) is 10.3 Å². The molecule has 2 heterocycles. The minimum Gasteiger partial charge on any atom is -0.376 e. The van der Waals surface area contributed by atoms with Crippen LogP contribution in [0, 0.1) is 12.7 Å². The molecule has 28 heavy (non-hydrogen) atoms. The van der Waals surface area contributed by atoms with Crippen molar-refractivity contribution >= 4 is 17.2 Å². The third-order valence-electron chi connectivity index (χ3n) is 4.88. The van der Waals surface area contributed by atoms with Crippen LogP contribution >= 0.6 is 11.3 Å². The smallest absolute Gasteiger partial charge is 0.263 e. The Bertz CT molecular complexity index is 950. The number of benzene rings is 2. The van der Waals surface area contributed by atoms with Crippen LogP contribution < -0.4 is 5.32 Å². The van der Waals surface area contributed by atoms with E-state index in [9.17, 15) is 9.18 Å². The maximum Gasteiger partial charge on any atom is 0.263 e. The molecule has 4 rings (SSSR count). The van der Waals surface area contributed by atoms with Gasteiger partial charge < -0.3 is 10.1 Å². The molecule has 1 fully saturated rings. The highest BCUT2D eigenvalue weighted by Crippen LogP contribution is 2.31. The summed E-state index contributed by atoms with van der Waals surface area (Å²) in [4.78, 5) is 18.2. The van der Waals surface area contributed by atoms with Crippen molar-refractivity contribution in [2.75, 3.05) is 6.61 Å². The minimum atomic E-state index is -0.322. The molecule has 1 amide bonds. The van der Waals surface area contributed by atoms with Gasteiger partial charge in [-0.05, 0) is 37.5 Å². The average Bonchev–Trinajstić information content (AvgIpc) is 3.37. The Morgan fingerprint density at radius 3 is 2.64 bits per heavy atom. The molecule has 0 saturated carbocycles. The lowest BCUT2D eigenvalue weighted by Gasteiger charge is -2.24. The maximum atomic E-state index is 13.3. The quantitative estimate of drug-likeness (QED) is 0.667. The monoisotopic (exact) mass is 396 g/mol. The van der Waals surface area contributed by atoms with Crippen LogP contribution in [-0.2, 0) is 4.74 Å². The minimum absolute atomic E-state index is 0.115. The molecule has 0 aliphatic carbocycles. The van der Waals surface area contributed by atoms with Gasteiger partial charge in [-0.2, -0.15) is 0 Å². The van der Waals surface area contributed by atoms with Crippen LogP contribution in [0.3, 0.4) is 0 Å². The largest absolute Gasteiger partial charge is 0.376 e. The van der Waals surface area contributed by atoms with Crippen molar-refractivity contribution < 1.29 is 13.9 Å². The highest BCUT2D eigenvalue weighted by Gasteiger charge is 2.30. The molecule has 3 aromatic rings.